The predicted molar refractivity (Wildman–Crippen MR) is 263 cm³/mol. The van der Waals surface area contributed by atoms with Crippen LogP contribution in [0, 0.1) is 0 Å². The Bertz CT molecular complexity index is 3290. The molecule has 1 heterocycles. The third-order valence-corrected chi connectivity index (χ3v) is 14.0. The fourth-order valence-corrected chi connectivity index (χ4v) is 11.6. The van der Waals surface area contributed by atoms with Gasteiger partial charge in [-0.05, 0) is 79.9 Å². The van der Waals surface area contributed by atoms with Crippen LogP contribution in [0.2, 0.25) is 0 Å². The maximum absolute atomic E-state index is 7.00. The molecule has 0 aliphatic heterocycles. The highest BCUT2D eigenvalue weighted by Gasteiger charge is 2.50. The van der Waals surface area contributed by atoms with Crippen LogP contribution in [0.4, 0.5) is 17.1 Å². The SMILES string of the molecule is c1ccc(C2(c3ccccc3)c3ccccc3-c3c(N(c4cccc5c4-c4ccccc4C5(c4ccccc4)c4ccccc4)c4cccc5c4oc4ccccc45)cccc32)cc1. The fourth-order valence-electron chi connectivity index (χ4n) is 11.6. The maximum Gasteiger partial charge on any atom is 0.159 e. The molecule has 0 amide bonds. The second-order valence-corrected chi connectivity index (χ2v) is 17.0. The van der Waals surface area contributed by atoms with Crippen LogP contribution in [-0.2, 0) is 10.8 Å². The number of anilines is 3. The van der Waals surface area contributed by atoms with Gasteiger partial charge >= 0.3 is 0 Å². The zero-order chi connectivity index (χ0) is 42.2. The van der Waals surface area contributed by atoms with Gasteiger partial charge in [-0.2, -0.15) is 0 Å². The Morgan fingerprint density at radius 3 is 1.12 bits per heavy atom. The first-order valence-corrected chi connectivity index (χ1v) is 22.2. The van der Waals surface area contributed by atoms with Crippen molar-refractivity contribution in [2.24, 2.45) is 0 Å². The average molecular weight is 816 g/mol. The minimum Gasteiger partial charge on any atom is -0.454 e. The lowest BCUT2D eigenvalue weighted by molar-refractivity contribution is 0.669. The molecular formula is C62H41NO. The molecule has 64 heavy (non-hydrogen) atoms. The second-order valence-electron chi connectivity index (χ2n) is 17.0. The van der Waals surface area contributed by atoms with E-state index in [9.17, 15) is 0 Å². The van der Waals surface area contributed by atoms with Crippen LogP contribution in [0.15, 0.2) is 253 Å². The Morgan fingerprint density at radius 1 is 0.281 bits per heavy atom. The molecule has 0 saturated carbocycles. The third kappa shape index (κ3) is 4.91. The van der Waals surface area contributed by atoms with Crippen molar-refractivity contribution in [1.29, 1.82) is 0 Å². The van der Waals surface area contributed by atoms with Gasteiger partial charge in [-0.15, -0.1) is 0 Å². The number of benzene rings is 10. The summed E-state index contributed by atoms with van der Waals surface area (Å²) in [6.07, 6.45) is 0. The highest BCUT2D eigenvalue weighted by atomic mass is 16.3. The summed E-state index contributed by atoms with van der Waals surface area (Å²) in [6, 6.07) is 91.3. The van der Waals surface area contributed by atoms with Crippen LogP contribution in [0.5, 0.6) is 0 Å². The van der Waals surface area contributed by atoms with E-state index in [2.05, 4.69) is 254 Å². The number of rotatable bonds is 7. The van der Waals surface area contributed by atoms with E-state index >= 15 is 0 Å². The molecule has 0 N–H and O–H groups in total. The van der Waals surface area contributed by atoms with Crippen molar-refractivity contribution < 1.29 is 4.42 Å². The van der Waals surface area contributed by atoms with Gasteiger partial charge in [0.2, 0.25) is 0 Å². The summed E-state index contributed by atoms with van der Waals surface area (Å²) in [4.78, 5) is 2.52. The third-order valence-electron chi connectivity index (χ3n) is 14.0. The van der Waals surface area contributed by atoms with Crippen molar-refractivity contribution in [3.8, 4) is 22.3 Å². The predicted octanol–water partition coefficient (Wildman–Crippen LogP) is 15.8. The number of fused-ring (bicyclic) bond motifs is 9. The Hall–Kier alpha value is -8.20. The molecule has 2 aliphatic carbocycles. The van der Waals surface area contributed by atoms with Gasteiger partial charge in [0.05, 0.1) is 27.9 Å². The zero-order valence-electron chi connectivity index (χ0n) is 35.0. The van der Waals surface area contributed by atoms with Crippen LogP contribution < -0.4 is 4.90 Å². The summed E-state index contributed by atoms with van der Waals surface area (Å²) in [5.41, 5.74) is 18.6. The van der Waals surface area contributed by atoms with Crippen molar-refractivity contribution >= 4 is 39.0 Å². The molecule has 0 saturated heterocycles. The van der Waals surface area contributed by atoms with Crippen LogP contribution >= 0.6 is 0 Å². The molecule has 2 heteroatoms. The van der Waals surface area contributed by atoms with Crippen molar-refractivity contribution in [2.75, 3.05) is 4.90 Å². The number of para-hydroxylation sites is 2. The first-order valence-electron chi connectivity index (χ1n) is 22.2. The van der Waals surface area contributed by atoms with Gasteiger partial charge < -0.3 is 9.32 Å². The number of nitrogens with zero attached hydrogens (tertiary/aromatic N) is 1. The summed E-state index contributed by atoms with van der Waals surface area (Å²) in [5, 5.41) is 2.19. The monoisotopic (exact) mass is 815 g/mol. The average Bonchev–Trinajstić information content (AvgIpc) is 4.01. The molecule has 2 nitrogen and oxygen atoms in total. The van der Waals surface area contributed by atoms with E-state index in [1.165, 1.54) is 66.8 Å². The summed E-state index contributed by atoms with van der Waals surface area (Å²) in [7, 11) is 0. The summed E-state index contributed by atoms with van der Waals surface area (Å²) in [6.45, 7) is 0. The lowest BCUT2D eigenvalue weighted by atomic mass is 9.67. The van der Waals surface area contributed by atoms with Gasteiger partial charge in [0, 0.05) is 21.9 Å². The topological polar surface area (TPSA) is 16.4 Å². The molecule has 2 aliphatic rings. The van der Waals surface area contributed by atoms with Crippen molar-refractivity contribution in [2.45, 2.75) is 10.8 Å². The molecule has 300 valence electrons. The highest BCUT2D eigenvalue weighted by Crippen LogP contribution is 2.63. The zero-order valence-corrected chi connectivity index (χ0v) is 35.0. The molecule has 0 radical (unpaired) electrons. The van der Waals surface area contributed by atoms with E-state index < -0.39 is 10.8 Å². The molecule has 0 spiro atoms. The Balaban J connectivity index is 1.18. The number of hydrogen-bond donors (Lipinski definition) is 0. The van der Waals surface area contributed by atoms with Crippen LogP contribution in [-0.4, -0.2) is 0 Å². The maximum atomic E-state index is 7.00. The van der Waals surface area contributed by atoms with E-state index in [1.54, 1.807) is 0 Å². The van der Waals surface area contributed by atoms with Gasteiger partial charge in [0.15, 0.2) is 5.58 Å². The van der Waals surface area contributed by atoms with Crippen LogP contribution in [0.3, 0.4) is 0 Å². The fraction of sp³-hybridized carbons (Fsp3) is 0.0323. The quantitative estimate of drug-likeness (QED) is 0.159. The lowest BCUT2D eigenvalue weighted by Gasteiger charge is -2.35. The minimum absolute atomic E-state index is 0.567. The smallest absolute Gasteiger partial charge is 0.159 e. The Kier molecular flexibility index (Phi) is 8.07. The lowest BCUT2D eigenvalue weighted by Crippen LogP contribution is -2.28. The van der Waals surface area contributed by atoms with Gasteiger partial charge in [-0.1, -0.05) is 224 Å². The van der Waals surface area contributed by atoms with E-state index in [4.69, 9.17) is 4.42 Å². The molecule has 1 aromatic heterocycles. The van der Waals surface area contributed by atoms with E-state index in [0.717, 1.165) is 39.0 Å². The standard InChI is InChI=1S/C62H41NO/c1-5-22-42(23-6-1)61(43-24-7-2-8-25-43)50-34-16-13-31-48(50)58-52(61)36-20-38-54(58)63(56-40-19-33-47-46-30-15-18-41-57(46)64-60(47)56)55-39-21-37-53-59(55)49-32-14-17-35-51(49)62(53,44-26-9-3-10-27-44)45-28-11-4-12-29-45/h1-41H. The highest BCUT2D eigenvalue weighted by molar-refractivity contribution is 6.12. The van der Waals surface area contributed by atoms with Crippen molar-refractivity contribution in [3.63, 3.8) is 0 Å². The molecule has 11 aromatic rings. The van der Waals surface area contributed by atoms with Gasteiger partial charge in [0.1, 0.15) is 5.58 Å². The molecule has 0 bridgehead atoms. The first-order chi connectivity index (χ1) is 31.8. The van der Waals surface area contributed by atoms with Gasteiger partial charge in [0.25, 0.3) is 0 Å². The minimum atomic E-state index is -0.567. The van der Waals surface area contributed by atoms with Gasteiger partial charge in [-0.25, -0.2) is 0 Å². The largest absolute Gasteiger partial charge is 0.454 e. The first kappa shape index (κ1) is 36.5. The van der Waals surface area contributed by atoms with Gasteiger partial charge in [-0.3, -0.25) is 0 Å². The van der Waals surface area contributed by atoms with E-state index in [-0.39, 0.29) is 0 Å². The molecule has 10 aromatic carbocycles. The summed E-state index contributed by atoms with van der Waals surface area (Å²) < 4.78 is 7.00. The summed E-state index contributed by atoms with van der Waals surface area (Å²) >= 11 is 0. The van der Waals surface area contributed by atoms with Crippen molar-refractivity contribution in [3.05, 3.63) is 293 Å². The Labute approximate surface area is 373 Å². The van der Waals surface area contributed by atoms with E-state index in [0.29, 0.717) is 0 Å². The molecule has 0 unspecified atom stereocenters. The van der Waals surface area contributed by atoms with Crippen LogP contribution in [0.25, 0.3) is 44.2 Å². The number of hydrogen-bond acceptors (Lipinski definition) is 2. The Morgan fingerprint density at radius 2 is 0.641 bits per heavy atom. The normalized spacial score (nSPS) is 13.9. The van der Waals surface area contributed by atoms with E-state index in [1.807, 2.05) is 0 Å². The van der Waals surface area contributed by atoms with Crippen molar-refractivity contribution in [1.82, 2.24) is 0 Å². The molecule has 13 rings (SSSR count). The molecular weight excluding hydrogens is 775 g/mol. The van der Waals surface area contributed by atoms with Crippen LogP contribution in [0.1, 0.15) is 44.5 Å². The second kappa shape index (κ2) is 14.2. The molecule has 0 fully saturated rings. The molecule has 0 atom stereocenters. The summed E-state index contributed by atoms with van der Waals surface area (Å²) in [5.74, 6) is 0. The number of furan rings is 1.